The summed E-state index contributed by atoms with van der Waals surface area (Å²) in [6, 6.07) is 1.46. The van der Waals surface area contributed by atoms with E-state index in [0.29, 0.717) is 0 Å². The normalized spacial score (nSPS) is 36.2. The Hall–Kier alpha value is -0.120. The van der Waals surface area contributed by atoms with Crippen LogP contribution in [0.2, 0.25) is 0 Å². The number of nitrogens with zero attached hydrogens (tertiary/aromatic N) is 1. The molecule has 2 fully saturated rings. The highest BCUT2D eigenvalue weighted by atomic mass is 16.5. The van der Waals surface area contributed by atoms with E-state index >= 15 is 0 Å². The molecule has 2 unspecified atom stereocenters. The number of hydrogen-bond acceptors (Lipinski definition) is 3. The summed E-state index contributed by atoms with van der Waals surface area (Å²) in [5, 5.41) is 3.50. The minimum Gasteiger partial charge on any atom is -0.375 e. The van der Waals surface area contributed by atoms with Gasteiger partial charge in [-0.25, -0.2) is 0 Å². The molecule has 2 saturated heterocycles. The van der Waals surface area contributed by atoms with Crippen LogP contribution in [0, 0.1) is 0 Å². The molecular formula is C13H26N2O. The molecule has 0 saturated carbocycles. The molecule has 94 valence electrons. The number of hydrogen-bond donors (Lipinski definition) is 1. The molecule has 0 bridgehead atoms. The van der Waals surface area contributed by atoms with E-state index in [0.717, 1.165) is 31.8 Å². The van der Waals surface area contributed by atoms with Crippen LogP contribution in [-0.4, -0.2) is 48.8 Å². The van der Waals surface area contributed by atoms with Gasteiger partial charge in [0, 0.05) is 38.3 Å². The second-order valence-electron chi connectivity index (χ2n) is 5.76. The molecule has 3 nitrogen and oxygen atoms in total. The van der Waals surface area contributed by atoms with Crippen molar-refractivity contribution in [2.75, 3.05) is 26.2 Å². The molecule has 16 heavy (non-hydrogen) atoms. The van der Waals surface area contributed by atoms with Crippen LogP contribution >= 0.6 is 0 Å². The summed E-state index contributed by atoms with van der Waals surface area (Å²) >= 11 is 0. The van der Waals surface area contributed by atoms with Crippen molar-refractivity contribution in [3.8, 4) is 0 Å². The van der Waals surface area contributed by atoms with Gasteiger partial charge in [0.05, 0.1) is 5.60 Å². The minimum absolute atomic E-state index is 0.0755. The van der Waals surface area contributed by atoms with E-state index in [1.165, 1.54) is 25.8 Å². The number of piperazine rings is 1. The van der Waals surface area contributed by atoms with E-state index in [4.69, 9.17) is 4.74 Å². The highest BCUT2D eigenvalue weighted by Gasteiger charge is 2.35. The molecule has 2 aliphatic heterocycles. The lowest BCUT2D eigenvalue weighted by molar-refractivity contribution is -0.0916. The van der Waals surface area contributed by atoms with Gasteiger partial charge in [0.25, 0.3) is 0 Å². The average Bonchev–Trinajstić information content (AvgIpc) is 2.27. The molecule has 0 aromatic carbocycles. The third-order valence-corrected chi connectivity index (χ3v) is 4.01. The molecule has 0 radical (unpaired) electrons. The first kappa shape index (κ1) is 12.3. The third kappa shape index (κ3) is 2.76. The van der Waals surface area contributed by atoms with Gasteiger partial charge >= 0.3 is 0 Å². The Morgan fingerprint density at radius 2 is 2.25 bits per heavy atom. The topological polar surface area (TPSA) is 24.5 Å². The van der Waals surface area contributed by atoms with Crippen LogP contribution in [0.4, 0.5) is 0 Å². The molecule has 0 spiro atoms. The van der Waals surface area contributed by atoms with E-state index in [2.05, 4.69) is 31.0 Å². The molecule has 2 rings (SSSR count). The van der Waals surface area contributed by atoms with Crippen LogP contribution in [0.3, 0.4) is 0 Å². The number of rotatable bonds is 2. The molecule has 0 aliphatic carbocycles. The SMILES string of the molecule is CCC1CNCCN1C1CCOC(C)(C)C1. The first-order chi connectivity index (χ1) is 7.62. The third-order valence-electron chi connectivity index (χ3n) is 4.01. The summed E-state index contributed by atoms with van der Waals surface area (Å²) in [4.78, 5) is 2.72. The van der Waals surface area contributed by atoms with Crippen LogP contribution in [0.25, 0.3) is 0 Å². The first-order valence-corrected chi connectivity index (χ1v) is 6.73. The molecule has 1 N–H and O–H groups in total. The Bertz CT molecular complexity index is 230. The molecule has 0 aromatic rings. The molecule has 2 aliphatic rings. The molecule has 2 atom stereocenters. The van der Waals surface area contributed by atoms with Crippen LogP contribution in [0.1, 0.15) is 40.0 Å². The summed E-state index contributed by atoms with van der Waals surface area (Å²) < 4.78 is 5.81. The van der Waals surface area contributed by atoms with Gasteiger partial charge in [-0.3, -0.25) is 4.90 Å². The number of ether oxygens (including phenoxy) is 1. The van der Waals surface area contributed by atoms with E-state index in [1.54, 1.807) is 0 Å². The smallest absolute Gasteiger partial charge is 0.0641 e. The Kier molecular flexibility index (Phi) is 3.88. The zero-order valence-electron chi connectivity index (χ0n) is 11.0. The maximum atomic E-state index is 5.81. The fourth-order valence-electron chi connectivity index (χ4n) is 3.12. The summed E-state index contributed by atoms with van der Waals surface area (Å²) in [6.45, 7) is 11.2. The zero-order chi connectivity index (χ0) is 11.6. The highest BCUT2D eigenvalue weighted by Crippen LogP contribution is 2.29. The van der Waals surface area contributed by atoms with Gasteiger partial charge in [0.15, 0.2) is 0 Å². The first-order valence-electron chi connectivity index (χ1n) is 6.73. The molecule has 3 heteroatoms. The second kappa shape index (κ2) is 5.03. The summed E-state index contributed by atoms with van der Waals surface area (Å²) in [7, 11) is 0. The maximum absolute atomic E-state index is 5.81. The second-order valence-corrected chi connectivity index (χ2v) is 5.76. The van der Waals surface area contributed by atoms with Crippen molar-refractivity contribution in [1.29, 1.82) is 0 Å². The summed E-state index contributed by atoms with van der Waals surface area (Å²) in [5.74, 6) is 0. The van der Waals surface area contributed by atoms with Crippen molar-refractivity contribution in [3.05, 3.63) is 0 Å². The predicted octanol–water partition coefficient (Wildman–Crippen LogP) is 1.63. The van der Waals surface area contributed by atoms with Gasteiger partial charge in [0.1, 0.15) is 0 Å². The van der Waals surface area contributed by atoms with Gasteiger partial charge in [-0.2, -0.15) is 0 Å². The van der Waals surface area contributed by atoms with Crippen molar-refractivity contribution < 1.29 is 4.74 Å². The Morgan fingerprint density at radius 3 is 2.94 bits per heavy atom. The van der Waals surface area contributed by atoms with Crippen molar-refractivity contribution in [3.63, 3.8) is 0 Å². The van der Waals surface area contributed by atoms with Crippen molar-refractivity contribution in [1.82, 2.24) is 10.2 Å². The van der Waals surface area contributed by atoms with E-state index < -0.39 is 0 Å². The quantitative estimate of drug-likeness (QED) is 0.774. The summed E-state index contributed by atoms with van der Waals surface area (Å²) in [6.07, 6.45) is 3.65. The van der Waals surface area contributed by atoms with Gasteiger partial charge < -0.3 is 10.1 Å². The minimum atomic E-state index is 0.0755. The van der Waals surface area contributed by atoms with Crippen molar-refractivity contribution in [2.45, 2.75) is 57.7 Å². The lowest BCUT2D eigenvalue weighted by atomic mass is 9.91. The van der Waals surface area contributed by atoms with Gasteiger partial charge in [-0.05, 0) is 33.1 Å². The zero-order valence-corrected chi connectivity index (χ0v) is 11.0. The van der Waals surface area contributed by atoms with Crippen LogP contribution in [0.5, 0.6) is 0 Å². The monoisotopic (exact) mass is 226 g/mol. The molecule has 2 heterocycles. The molecular weight excluding hydrogens is 200 g/mol. The van der Waals surface area contributed by atoms with Gasteiger partial charge in [-0.1, -0.05) is 6.92 Å². The van der Waals surface area contributed by atoms with Crippen molar-refractivity contribution >= 4 is 0 Å². The maximum Gasteiger partial charge on any atom is 0.0641 e. The van der Waals surface area contributed by atoms with Gasteiger partial charge in [0.2, 0.25) is 0 Å². The van der Waals surface area contributed by atoms with Crippen molar-refractivity contribution in [2.24, 2.45) is 0 Å². The Balaban J connectivity index is 1.99. The fraction of sp³-hybridized carbons (Fsp3) is 1.00. The average molecular weight is 226 g/mol. The van der Waals surface area contributed by atoms with E-state index in [9.17, 15) is 0 Å². The fourth-order valence-corrected chi connectivity index (χ4v) is 3.12. The Labute approximate surface area is 99.5 Å². The largest absolute Gasteiger partial charge is 0.375 e. The van der Waals surface area contributed by atoms with Crippen LogP contribution < -0.4 is 5.32 Å². The lowest BCUT2D eigenvalue weighted by Gasteiger charge is -2.46. The molecule has 0 aromatic heterocycles. The highest BCUT2D eigenvalue weighted by molar-refractivity contribution is 4.90. The number of nitrogens with one attached hydrogen (secondary N) is 1. The summed E-state index contributed by atoms with van der Waals surface area (Å²) in [5.41, 5.74) is 0.0755. The Morgan fingerprint density at radius 1 is 1.44 bits per heavy atom. The molecule has 0 amide bonds. The van der Waals surface area contributed by atoms with E-state index in [1.807, 2.05) is 0 Å². The lowest BCUT2D eigenvalue weighted by Crippen LogP contribution is -2.57. The predicted molar refractivity (Wildman–Crippen MR) is 66.7 cm³/mol. The van der Waals surface area contributed by atoms with Crippen LogP contribution in [0.15, 0.2) is 0 Å². The standard InChI is InChI=1S/C13H26N2O/c1-4-11-10-14-6-7-15(11)12-5-8-16-13(2,3)9-12/h11-12,14H,4-10H2,1-3H3. The van der Waals surface area contributed by atoms with Gasteiger partial charge in [-0.15, -0.1) is 0 Å². The van der Waals surface area contributed by atoms with Crippen LogP contribution in [-0.2, 0) is 4.74 Å². The van der Waals surface area contributed by atoms with E-state index in [-0.39, 0.29) is 5.60 Å².